The molecule has 31 heavy (non-hydrogen) atoms. The average Bonchev–Trinajstić information content (AvgIpc) is 3.29. The number of aromatic nitrogens is 2. The lowest BCUT2D eigenvalue weighted by atomic mass is 10.2. The quantitative estimate of drug-likeness (QED) is 0.432. The molecular formula is C22H22N4O4S. The van der Waals surface area contributed by atoms with E-state index in [4.69, 9.17) is 4.74 Å². The first kappa shape index (κ1) is 21.1. The van der Waals surface area contributed by atoms with Gasteiger partial charge in [-0.2, -0.15) is 16.9 Å². The predicted octanol–water partition coefficient (Wildman–Crippen LogP) is 4.45. The van der Waals surface area contributed by atoms with Gasteiger partial charge in [-0.3, -0.25) is 14.9 Å². The van der Waals surface area contributed by atoms with Gasteiger partial charge < -0.3 is 10.1 Å². The number of hydrogen-bond donors (Lipinski definition) is 1. The van der Waals surface area contributed by atoms with Gasteiger partial charge >= 0.3 is 0 Å². The van der Waals surface area contributed by atoms with Crippen molar-refractivity contribution in [2.24, 2.45) is 0 Å². The van der Waals surface area contributed by atoms with E-state index in [1.807, 2.05) is 30.0 Å². The van der Waals surface area contributed by atoms with Crippen molar-refractivity contribution in [2.75, 3.05) is 18.5 Å². The van der Waals surface area contributed by atoms with E-state index in [1.54, 1.807) is 18.3 Å². The second-order valence-electron chi connectivity index (χ2n) is 7.22. The highest BCUT2D eigenvalue weighted by atomic mass is 32.2. The minimum Gasteiger partial charge on any atom is -0.381 e. The second kappa shape index (κ2) is 9.76. The molecule has 1 aliphatic heterocycles. The van der Waals surface area contributed by atoms with E-state index in [1.165, 1.54) is 23.0 Å². The first-order valence-electron chi connectivity index (χ1n) is 9.97. The fourth-order valence-corrected chi connectivity index (χ4v) is 4.44. The number of amides is 1. The number of benzene rings is 2. The number of carbonyl (C=O) groups excluding carboxylic acids is 1. The molecule has 0 spiro atoms. The van der Waals surface area contributed by atoms with Crippen LogP contribution in [-0.4, -0.2) is 39.1 Å². The van der Waals surface area contributed by atoms with Gasteiger partial charge in [-0.25, -0.2) is 4.68 Å². The predicted molar refractivity (Wildman–Crippen MR) is 120 cm³/mol. The Balaban J connectivity index is 1.37. The molecule has 4 rings (SSSR count). The third-order valence-corrected chi connectivity index (χ3v) is 6.45. The van der Waals surface area contributed by atoms with Crippen molar-refractivity contribution >= 4 is 29.0 Å². The van der Waals surface area contributed by atoms with Crippen LogP contribution in [0.3, 0.4) is 0 Å². The number of rotatable bonds is 7. The van der Waals surface area contributed by atoms with Gasteiger partial charge in [-0.05, 0) is 42.7 Å². The number of hydrogen-bond acceptors (Lipinski definition) is 6. The van der Waals surface area contributed by atoms with Crippen molar-refractivity contribution in [2.45, 2.75) is 23.8 Å². The molecule has 2 aromatic carbocycles. The van der Waals surface area contributed by atoms with Crippen LogP contribution in [0.5, 0.6) is 0 Å². The highest BCUT2D eigenvalue weighted by molar-refractivity contribution is 7.99. The van der Waals surface area contributed by atoms with Crippen LogP contribution in [0.1, 0.15) is 28.8 Å². The maximum atomic E-state index is 12.6. The molecule has 160 valence electrons. The van der Waals surface area contributed by atoms with Gasteiger partial charge in [-0.15, -0.1) is 0 Å². The van der Waals surface area contributed by atoms with Crippen molar-refractivity contribution in [3.8, 4) is 5.69 Å². The highest BCUT2D eigenvalue weighted by Crippen LogP contribution is 2.26. The average molecular weight is 439 g/mol. The maximum Gasteiger partial charge on any atom is 0.269 e. The zero-order valence-electron chi connectivity index (χ0n) is 16.8. The summed E-state index contributed by atoms with van der Waals surface area (Å²) in [5.74, 6) is 0.634. The Morgan fingerprint density at radius 3 is 2.74 bits per heavy atom. The van der Waals surface area contributed by atoms with Gasteiger partial charge in [-0.1, -0.05) is 12.1 Å². The van der Waals surface area contributed by atoms with Gasteiger partial charge in [0.15, 0.2) is 0 Å². The zero-order chi connectivity index (χ0) is 21.6. The SMILES string of the molecule is O=C(Nc1cccc(CSC2CCOCC2)c1)c1cnn(-c2ccc([N+](=O)[O-])cc2)c1. The summed E-state index contributed by atoms with van der Waals surface area (Å²) in [6.45, 7) is 1.67. The zero-order valence-corrected chi connectivity index (χ0v) is 17.6. The van der Waals surface area contributed by atoms with Crippen LogP contribution in [0.25, 0.3) is 5.69 Å². The number of ether oxygens (including phenoxy) is 1. The number of nitrogens with zero attached hydrogens (tertiary/aromatic N) is 3. The summed E-state index contributed by atoms with van der Waals surface area (Å²) in [6.07, 6.45) is 5.24. The van der Waals surface area contributed by atoms with Crippen LogP contribution in [0.15, 0.2) is 60.9 Å². The van der Waals surface area contributed by atoms with Gasteiger partial charge in [0.2, 0.25) is 0 Å². The molecule has 0 bridgehead atoms. The number of nitro benzene ring substituents is 1. The summed E-state index contributed by atoms with van der Waals surface area (Å²) < 4.78 is 6.92. The Morgan fingerprint density at radius 1 is 1.23 bits per heavy atom. The minimum absolute atomic E-state index is 0.00346. The van der Waals surface area contributed by atoms with E-state index in [0.29, 0.717) is 16.5 Å². The maximum absolute atomic E-state index is 12.6. The molecule has 0 unspecified atom stereocenters. The van der Waals surface area contributed by atoms with Crippen LogP contribution >= 0.6 is 11.8 Å². The van der Waals surface area contributed by atoms with Crippen molar-refractivity contribution in [1.29, 1.82) is 0 Å². The smallest absolute Gasteiger partial charge is 0.269 e. The van der Waals surface area contributed by atoms with Crippen molar-refractivity contribution < 1.29 is 14.5 Å². The van der Waals surface area contributed by atoms with Gasteiger partial charge in [0.05, 0.1) is 22.4 Å². The third kappa shape index (κ3) is 5.50. The molecule has 0 radical (unpaired) electrons. The Morgan fingerprint density at radius 2 is 2.00 bits per heavy atom. The van der Waals surface area contributed by atoms with Crippen LogP contribution in [0, 0.1) is 10.1 Å². The molecule has 0 atom stereocenters. The molecule has 1 N–H and O–H groups in total. The second-order valence-corrected chi connectivity index (χ2v) is 8.51. The topological polar surface area (TPSA) is 99.3 Å². The van der Waals surface area contributed by atoms with Gasteiger partial charge in [0.25, 0.3) is 11.6 Å². The summed E-state index contributed by atoms with van der Waals surface area (Å²) in [5, 5.41) is 18.5. The van der Waals surface area contributed by atoms with Gasteiger partial charge in [0, 0.05) is 48.2 Å². The van der Waals surface area contributed by atoms with Crippen LogP contribution in [0.2, 0.25) is 0 Å². The van der Waals surface area contributed by atoms with Crippen LogP contribution in [0.4, 0.5) is 11.4 Å². The van der Waals surface area contributed by atoms with Crippen molar-refractivity contribution in [3.63, 3.8) is 0 Å². The first-order chi connectivity index (χ1) is 15.1. The number of nitro groups is 1. The fourth-order valence-electron chi connectivity index (χ4n) is 3.31. The Hall–Kier alpha value is -3.17. The lowest BCUT2D eigenvalue weighted by Crippen LogP contribution is -2.17. The summed E-state index contributed by atoms with van der Waals surface area (Å²) in [5.41, 5.74) is 2.94. The molecule has 9 heteroatoms. The number of thioether (sulfide) groups is 1. The Bertz CT molecular complexity index is 1060. The van der Waals surface area contributed by atoms with Crippen LogP contribution in [-0.2, 0) is 10.5 Å². The molecule has 8 nitrogen and oxygen atoms in total. The number of nitrogens with one attached hydrogen (secondary N) is 1. The lowest BCUT2D eigenvalue weighted by Gasteiger charge is -2.21. The molecule has 3 aromatic rings. The molecule has 1 aromatic heterocycles. The third-order valence-electron chi connectivity index (χ3n) is 5.01. The van der Waals surface area contributed by atoms with E-state index in [2.05, 4.69) is 16.5 Å². The highest BCUT2D eigenvalue weighted by Gasteiger charge is 2.15. The van der Waals surface area contributed by atoms with E-state index < -0.39 is 4.92 Å². The molecule has 1 aliphatic rings. The van der Waals surface area contributed by atoms with Gasteiger partial charge in [0.1, 0.15) is 0 Å². The molecule has 0 aliphatic carbocycles. The largest absolute Gasteiger partial charge is 0.381 e. The standard InChI is InChI=1S/C22H22N4O4S/c27-22(17-13-23-25(14-17)19-4-6-20(7-5-19)26(28)29)24-18-3-1-2-16(12-18)15-31-21-8-10-30-11-9-21/h1-7,12-14,21H,8-11,15H2,(H,24,27). The Labute approximate surface area is 183 Å². The summed E-state index contributed by atoms with van der Waals surface area (Å²) in [4.78, 5) is 23.0. The lowest BCUT2D eigenvalue weighted by molar-refractivity contribution is -0.384. The number of non-ortho nitro benzene ring substituents is 1. The van der Waals surface area contributed by atoms with E-state index >= 15 is 0 Å². The molecule has 1 fully saturated rings. The number of carbonyl (C=O) groups is 1. The summed E-state index contributed by atoms with van der Waals surface area (Å²) in [7, 11) is 0. The van der Waals surface area contributed by atoms with Crippen molar-refractivity contribution in [1.82, 2.24) is 9.78 Å². The van der Waals surface area contributed by atoms with E-state index in [9.17, 15) is 14.9 Å². The first-order valence-corrected chi connectivity index (χ1v) is 11.0. The van der Waals surface area contributed by atoms with Crippen molar-refractivity contribution in [3.05, 3.63) is 82.2 Å². The fraction of sp³-hybridized carbons (Fsp3) is 0.273. The minimum atomic E-state index is -0.456. The molecule has 2 heterocycles. The summed E-state index contributed by atoms with van der Waals surface area (Å²) >= 11 is 1.93. The normalized spacial score (nSPS) is 14.3. The van der Waals surface area contributed by atoms with E-state index in [0.717, 1.165) is 43.1 Å². The molecule has 1 saturated heterocycles. The molecule has 0 saturated carbocycles. The molecule has 1 amide bonds. The Kier molecular flexibility index (Phi) is 6.63. The number of anilines is 1. The monoisotopic (exact) mass is 438 g/mol. The van der Waals surface area contributed by atoms with Crippen LogP contribution < -0.4 is 5.32 Å². The summed E-state index contributed by atoms with van der Waals surface area (Å²) in [6, 6.07) is 13.8. The molecular weight excluding hydrogens is 416 g/mol. The van der Waals surface area contributed by atoms with E-state index in [-0.39, 0.29) is 11.6 Å².